The number of methoxy groups -OCH3 is 1. The summed E-state index contributed by atoms with van der Waals surface area (Å²) < 4.78 is 30.1. The van der Waals surface area contributed by atoms with Gasteiger partial charge in [-0.1, -0.05) is 24.3 Å². The van der Waals surface area contributed by atoms with Gasteiger partial charge in [0.05, 0.1) is 31.3 Å². The Morgan fingerprint density at radius 3 is 2.29 bits per heavy atom. The number of aromatic nitrogens is 2. The van der Waals surface area contributed by atoms with Crippen LogP contribution in [0.3, 0.4) is 0 Å². The molecule has 0 spiro atoms. The first-order valence-electron chi connectivity index (χ1n) is 13.5. The second-order valence-electron chi connectivity index (χ2n) is 10.4. The fraction of sp³-hybridized carbons (Fsp3) is 0.357. The molecule has 222 valence electrons. The number of H-pyrrole nitrogens is 1. The number of nitrogens with zero attached hydrogens (tertiary/aromatic N) is 4. The SMILES string of the molecule is COC(=O)Nc1ccc(-c2cnc([C@@H]3C[C@H](N4CCN(S(C)(=O)=O)CC4)CN3C(=O)c3ccc(C(=N)N)cc3)[nH]2)cc1. The number of carbonyl (C=O) groups is 2. The van der Waals surface area contributed by atoms with Gasteiger partial charge >= 0.3 is 6.09 Å². The monoisotopic (exact) mass is 594 g/mol. The summed E-state index contributed by atoms with van der Waals surface area (Å²) in [5.41, 5.74) is 8.81. The smallest absolute Gasteiger partial charge is 0.411 e. The van der Waals surface area contributed by atoms with Crippen molar-refractivity contribution in [3.8, 4) is 11.3 Å². The molecule has 5 N–H and O–H groups in total. The minimum absolute atomic E-state index is 0.0226. The summed E-state index contributed by atoms with van der Waals surface area (Å²) in [6, 6.07) is 13.6. The highest BCUT2D eigenvalue weighted by molar-refractivity contribution is 7.88. The van der Waals surface area contributed by atoms with Crippen LogP contribution in [-0.2, 0) is 14.8 Å². The van der Waals surface area contributed by atoms with Crippen LogP contribution in [0, 0.1) is 5.41 Å². The third kappa shape index (κ3) is 6.30. The average molecular weight is 595 g/mol. The van der Waals surface area contributed by atoms with Crippen molar-refractivity contribution >= 4 is 33.5 Å². The second kappa shape index (κ2) is 11.9. The van der Waals surface area contributed by atoms with E-state index >= 15 is 0 Å². The van der Waals surface area contributed by atoms with Crippen molar-refractivity contribution < 1.29 is 22.7 Å². The minimum atomic E-state index is -3.25. The molecule has 13 nitrogen and oxygen atoms in total. The minimum Gasteiger partial charge on any atom is -0.453 e. The zero-order chi connectivity index (χ0) is 30.0. The van der Waals surface area contributed by atoms with E-state index < -0.39 is 16.1 Å². The number of hydrogen-bond donors (Lipinski definition) is 4. The summed E-state index contributed by atoms with van der Waals surface area (Å²) in [6.07, 6.45) is 3.02. The highest BCUT2D eigenvalue weighted by Gasteiger charge is 2.41. The van der Waals surface area contributed by atoms with Gasteiger partial charge in [-0.15, -0.1) is 0 Å². The molecule has 1 aromatic heterocycles. The third-order valence-corrected chi connectivity index (χ3v) is 9.08. The first-order valence-corrected chi connectivity index (χ1v) is 15.3. The highest BCUT2D eigenvalue weighted by atomic mass is 32.2. The number of likely N-dealkylation sites (tertiary alicyclic amines) is 1. The molecule has 5 rings (SSSR count). The number of hydrogen-bond acceptors (Lipinski definition) is 8. The van der Waals surface area contributed by atoms with E-state index in [1.54, 1.807) is 42.6 Å². The van der Waals surface area contributed by atoms with Gasteiger partial charge in [0.15, 0.2) is 0 Å². The van der Waals surface area contributed by atoms with Crippen LogP contribution >= 0.6 is 0 Å². The molecular weight excluding hydrogens is 560 g/mol. The van der Waals surface area contributed by atoms with Gasteiger partial charge < -0.3 is 20.4 Å². The highest BCUT2D eigenvalue weighted by Crippen LogP contribution is 2.36. The molecule has 0 aliphatic carbocycles. The summed E-state index contributed by atoms with van der Waals surface area (Å²) in [6.45, 7) is 2.43. The predicted octanol–water partition coefficient (Wildman–Crippen LogP) is 2.07. The summed E-state index contributed by atoms with van der Waals surface area (Å²) >= 11 is 0. The van der Waals surface area contributed by atoms with Gasteiger partial charge in [-0.3, -0.25) is 20.4 Å². The Bertz CT molecular complexity index is 1560. The first-order chi connectivity index (χ1) is 20.0. The Kier molecular flexibility index (Phi) is 8.29. The van der Waals surface area contributed by atoms with Crippen LogP contribution in [0.15, 0.2) is 54.7 Å². The van der Waals surface area contributed by atoms with Gasteiger partial charge in [0.25, 0.3) is 5.91 Å². The Labute approximate surface area is 244 Å². The predicted molar refractivity (Wildman–Crippen MR) is 158 cm³/mol. The summed E-state index contributed by atoms with van der Waals surface area (Å²) in [5.74, 6) is 0.412. The van der Waals surface area contributed by atoms with Crippen molar-refractivity contribution in [1.82, 2.24) is 24.1 Å². The van der Waals surface area contributed by atoms with Crippen molar-refractivity contribution in [1.29, 1.82) is 5.41 Å². The second-order valence-corrected chi connectivity index (χ2v) is 12.4. The number of imidazole rings is 1. The molecule has 2 saturated heterocycles. The van der Waals surface area contributed by atoms with Gasteiger partial charge in [-0.25, -0.2) is 18.2 Å². The summed E-state index contributed by atoms with van der Waals surface area (Å²) in [4.78, 5) is 37.4. The number of amidine groups is 1. The number of carbonyl (C=O) groups excluding carboxylic acids is 2. The van der Waals surface area contributed by atoms with E-state index in [1.165, 1.54) is 17.7 Å². The Balaban J connectivity index is 1.38. The molecule has 14 heteroatoms. The fourth-order valence-electron chi connectivity index (χ4n) is 5.48. The average Bonchev–Trinajstić information content (AvgIpc) is 3.65. The van der Waals surface area contributed by atoms with Gasteiger partial charge in [0.1, 0.15) is 11.7 Å². The van der Waals surface area contributed by atoms with Crippen LogP contribution in [0.5, 0.6) is 0 Å². The Morgan fingerprint density at radius 2 is 1.69 bits per heavy atom. The van der Waals surface area contributed by atoms with Crippen molar-refractivity contribution in [3.05, 3.63) is 71.7 Å². The lowest BCUT2D eigenvalue weighted by Gasteiger charge is -2.36. The molecule has 2 aromatic carbocycles. The van der Waals surface area contributed by atoms with Crippen molar-refractivity contribution in [2.24, 2.45) is 5.73 Å². The summed E-state index contributed by atoms with van der Waals surface area (Å²) in [7, 11) is -1.95. The maximum absolute atomic E-state index is 13.8. The molecular formula is C28H34N8O5S. The van der Waals surface area contributed by atoms with Crippen LogP contribution in [0.25, 0.3) is 11.3 Å². The zero-order valence-electron chi connectivity index (χ0n) is 23.4. The molecule has 3 heterocycles. The summed E-state index contributed by atoms with van der Waals surface area (Å²) in [5, 5.41) is 10.3. The van der Waals surface area contributed by atoms with Gasteiger partial charge in [0, 0.05) is 55.6 Å². The third-order valence-electron chi connectivity index (χ3n) is 7.78. The number of rotatable bonds is 7. The quantitative estimate of drug-likeness (QED) is 0.237. The van der Waals surface area contributed by atoms with E-state index in [-0.39, 0.29) is 23.8 Å². The molecule has 42 heavy (non-hydrogen) atoms. The number of aromatic amines is 1. The number of benzene rings is 2. The van der Waals surface area contributed by atoms with Crippen molar-refractivity contribution in [2.75, 3.05) is 51.4 Å². The first kappa shape index (κ1) is 29.2. The van der Waals surface area contributed by atoms with Crippen LogP contribution < -0.4 is 11.1 Å². The van der Waals surface area contributed by atoms with E-state index in [4.69, 9.17) is 11.1 Å². The molecule has 0 unspecified atom stereocenters. The molecule has 2 aliphatic heterocycles. The Morgan fingerprint density at radius 1 is 1.05 bits per heavy atom. The van der Waals surface area contributed by atoms with Crippen molar-refractivity contribution in [3.63, 3.8) is 0 Å². The van der Waals surface area contributed by atoms with E-state index in [9.17, 15) is 18.0 Å². The van der Waals surface area contributed by atoms with Crippen LogP contribution in [-0.4, -0.2) is 102 Å². The number of amides is 2. The van der Waals surface area contributed by atoms with Crippen LogP contribution in [0.2, 0.25) is 0 Å². The molecule has 0 bridgehead atoms. The van der Waals surface area contributed by atoms with E-state index in [2.05, 4.69) is 24.9 Å². The molecule has 3 aromatic rings. The number of nitrogen functional groups attached to an aromatic ring is 1. The number of nitrogens with one attached hydrogen (secondary N) is 3. The molecule has 2 aliphatic rings. The fourth-order valence-corrected chi connectivity index (χ4v) is 6.30. The number of sulfonamides is 1. The molecule has 0 radical (unpaired) electrons. The molecule has 2 atom stereocenters. The van der Waals surface area contributed by atoms with E-state index in [0.29, 0.717) is 61.8 Å². The molecule has 2 amide bonds. The number of piperazine rings is 1. The van der Waals surface area contributed by atoms with E-state index in [1.807, 2.05) is 17.0 Å². The normalized spacial score (nSPS) is 19.9. The lowest BCUT2D eigenvalue weighted by Crippen LogP contribution is -2.52. The lowest BCUT2D eigenvalue weighted by molar-refractivity contribution is 0.0713. The number of nitrogens with two attached hydrogens (primary N) is 1. The zero-order valence-corrected chi connectivity index (χ0v) is 24.2. The largest absolute Gasteiger partial charge is 0.453 e. The van der Waals surface area contributed by atoms with E-state index in [0.717, 1.165) is 11.3 Å². The maximum atomic E-state index is 13.8. The van der Waals surface area contributed by atoms with Crippen LogP contribution in [0.1, 0.15) is 34.2 Å². The maximum Gasteiger partial charge on any atom is 0.411 e. The lowest BCUT2D eigenvalue weighted by atomic mass is 10.1. The van der Waals surface area contributed by atoms with Gasteiger partial charge in [-0.2, -0.15) is 4.31 Å². The standard InChI is InChI=1S/C28H34N8O5S/c1-41-28(38)32-21-9-7-18(8-10-21)23-16-31-26(33-23)24-15-22(34-11-13-35(14-12-34)42(2,39)40)17-36(24)27(37)20-5-3-19(4-6-20)25(29)30/h3-10,16,22,24H,11-15,17H2,1-2H3,(H3,29,30)(H,31,33)(H,32,38)/t22-,24-/m0/s1. The number of anilines is 1. The molecule has 2 fully saturated rings. The molecule has 0 saturated carbocycles. The number of ether oxygens (including phenoxy) is 1. The van der Waals surface area contributed by atoms with Gasteiger partial charge in [0.2, 0.25) is 10.0 Å². The topological polar surface area (TPSA) is 178 Å². The van der Waals surface area contributed by atoms with Crippen molar-refractivity contribution in [2.45, 2.75) is 18.5 Å². The van der Waals surface area contributed by atoms with Crippen LogP contribution in [0.4, 0.5) is 10.5 Å². The Hall–Kier alpha value is -4.27. The van der Waals surface area contributed by atoms with Gasteiger partial charge in [-0.05, 0) is 36.2 Å².